The summed E-state index contributed by atoms with van der Waals surface area (Å²) in [5.41, 5.74) is -0.213. The van der Waals surface area contributed by atoms with Gasteiger partial charge in [0.1, 0.15) is 11.3 Å². The average Bonchev–Trinajstić information content (AvgIpc) is 2.45. The van der Waals surface area contributed by atoms with Crippen molar-refractivity contribution < 1.29 is 9.53 Å². The van der Waals surface area contributed by atoms with Crippen molar-refractivity contribution in [3.8, 4) is 0 Å². The van der Waals surface area contributed by atoms with Gasteiger partial charge in [0.05, 0.1) is 11.2 Å². The van der Waals surface area contributed by atoms with Crippen LogP contribution in [0.3, 0.4) is 0 Å². The maximum Gasteiger partial charge on any atom is 0.214 e. The van der Waals surface area contributed by atoms with Crippen LogP contribution in [-0.2, 0) is 11.8 Å². The van der Waals surface area contributed by atoms with Gasteiger partial charge in [-0.2, -0.15) is 5.10 Å². The minimum atomic E-state index is -0.655. The lowest BCUT2D eigenvalue weighted by Crippen LogP contribution is -2.47. The predicted octanol–water partition coefficient (Wildman–Crippen LogP) is 1.83. The Morgan fingerprint density at radius 2 is 2.33 bits per heavy atom. The maximum atomic E-state index is 12.2. The van der Waals surface area contributed by atoms with Crippen molar-refractivity contribution in [1.29, 1.82) is 0 Å². The second-order valence-corrected chi connectivity index (χ2v) is 4.25. The second-order valence-electron chi connectivity index (χ2n) is 3.85. The minimum absolute atomic E-state index is 0.0544. The van der Waals surface area contributed by atoms with Crippen molar-refractivity contribution in [2.24, 2.45) is 7.05 Å². The molecule has 2 rings (SSSR count). The van der Waals surface area contributed by atoms with Gasteiger partial charge in [0.15, 0.2) is 0 Å². The molecule has 0 amide bonds. The quantitative estimate of drug-likeness (QED) is 0.742. The van der Waals surface area contributed by atoms with Crippen molar-refractivity contribution >= 4 is 17.4 Å². The zero-order valence-corrected chi connectivity index (χ0v) is 9.54. The molecule has 1 saturated carbocycles. The molecule has 1 fully saturated rings. The number of Topliss-reactive ketones (excluding diaryl/α,β-unsaturated/α-hetero) is 1. The molecule has 1 aromatic rings. The van der Waals surface area contributed by atoms with E-state index in [-0.39, 0.29) is 5.78 Å². The summed E-state index contributed by atoms with van der Waals surface area (Å²) < 4.78 is 6.82. The lowest BCUT2D eigenvalue weighted by atomic mass is 9.76. The first-order valence-corrected chi connectivity index (χ1v) is 5.26. The Hall–Kier alpha value is -0.870. The molecule has 1 heterocycles. The highest BCUT2D eigenvalue weighted by molar-refractivity contribution is 6.34. The van der Waals surface area contributed by atoms with E-state index in [9.17, 15) is 4.79 Å². The minimum Gasteiger partial charge on any atom is -0.370 e. The van der Waals surface area contributed by atoms with E-state index < -0.39 is 5.60 Å². The molecule has 0 atom stereocenters. The number of ether oxygens (including phenoxy) is 1. The first-order chi connectivity index (χ1) is 7.10. The molecule has 0 unspecified atom stereocenters. The van der Waals surface area contributed by atoms with Crippen molar-refractivity contribution in [3.05, 3.63) is 16.9 Å². The summed E-state index contributed by atoms with van der Waals surface area (Å²) in [6.45, 7) is 0. The number of hydrogen-bond acceptors (Lipinski definition) is 3. The van der Waals surface area contributed by atoms with Crippen LogP contribution in [0.5, 0.6) is 0 Å². The molecule has 0 N–H and O–H groups in total. The summed E-state index contributed by atoms with van der Waals surface area (Å²) in [4.78, 5) is 12.2. The van der Waals surface area contributed by atoms with E-state index in [0.29, 0.717) is 10.7 Å². The van der Waals surface area contributed by atoms with Gasteiger partial charge in [-0.25, -0.2) is 0 Å². The normalized spacial score (nSPS) is 18.6. The molecule has 82 valence electrons. The topological polar surface area (TPSA) is 44.1 Å². The third-order valence-electron chi connectivity index (χ3n) is 3.07. The van der Waals surface area contributed by atoms with Crippen molar-refractivity contribution in [2.45, 2.75) is 24.9 Å². The number of rotatable bonds is 3. The molecule has 1 aliphatic carbocycles. The van der Waals surface area contributed by atoms with Crippen LogP contribution in [0.4, 0.5) is 0 Å². The number of nitrogens with zero attached hydrogens (tertiary/aromatic N) is 2. The fourth-order valence-electron chi connectivity index (χ4n) is 1.90. The number of aryl methyl sites for hydroxylation is 1. The Morgan fingerprint density at radius 3 is 2.67 bits per heavy atom. The van der Waals surface area contributed by atoms with Crippen LogP contribution in [-0.4, -0.2) is 28.3 Å². The van der Waals surface area contributed by atoms with Crippen LogP contribution < -0.4 is 0 Å². The van der Waals surface area contributed by atoms with E-state index in [0.717, 1.165) is 19.3 Å². The SMILES string of the molecule is COC1(C(=O)c2c(Cl)cnn2C)CCC1. The van der Waals surface area contributed by atoms with Gasteiger partial charge < -0.3 is 4.74 Å². The number of methoxy groups -OCH3 is 1. The highest BCUT2D eigenvalue weighted by atomic mass is 35.5. The molecule has 1 aromatic heterocycles. The fraction of sp³-hybridized carbons (Fsp3) is 0.600. The molecule has 4 nitrogen and oxygen atoms in total. The molecule has 15 heavy (non-hydrogen) atoms. The largest absolute Gasteiger partial charge is 0.370 e. The Morgan fingerprint density at radius 1 is 1.67 bits per heavy atom. The number of aromatic nitrogens is 2. The van der Waals surface area contributed by atoms with Gasteiger partial charge in [-0.15, -0.1) is 0 Å². The predicted molar refractivity (Wildman–Crippen MR) is 56.1 cm³/mol. The molecule has 1 aliphatic rings. The Bertz CT molecular complexity index is 371. The van der Waals surface area contributed by atoms with Gasteiger partial charge in [-0.05, 0) is 19.3 Å². The van der Waals surface area contributed by atoms with Gasteiger partial charge in [0.2, 0.25) is 5.78 Å². The molecule has 0 bridgehead atoms. The van der Waals surface area contributed by atoms with Gasteiger partial charge in [0, 0.05) is 14.2 Å². The van der Waals surface area contributed by atoms with Crippen molar-refractivity contribution in [2.75, 3.05) is 7.11 Å². The van der Waals surface area contributed by atoms with Gasteiger partial charge in [-0.3, -0.25) is 9.48 Å². The molecular weight excluding hydrogens is 216 g/mol. The molecular formula is C10H13ClN2O2. The molecule has 0 radical (unpaired) electrons. The Labute approximate surface area is 93.2 Å². The lowest BCUT2D eigenvalue weighted by Gasteiger charge is -2.38. The number of carbonyl (C=O) groups excluding carboxylic acids is 1. The summed E-state index contributed by atoms with van der Waals surface area (Å²) in [6, 6.07) is 0. The van der Waals surface area contributed by atoms with Gasteiger partial charge in [-0.1, -0.05) is 11.6 Å². The highest BCUT2D eigenvalue weighted by Crippen LogP contribution is 2.38. The summed E-state index contributed by atoms with van der Waals surface area (Å²) in [6.07, 6.45) is 4.04. The highest BCUT2D eigenvalue weighted by Gasteiger charge is 2.46. The Balaban J connectivity index is 2.35. The van der Waals surface area contributed by atoms with Gasteiger partial charge in [0.25, 0.3) is 0 Å². The monoisotopic (exact) mass is 228 g/mol. The standard InChI is InChI=1S/C10H13ClN2O2/c1-13-8(7(11)6-12-13)9(14)10(15-2)4-3-5-10/h6H,3-5H2,1-2H3. The number of hydrogen-bond donors (Lipinski definition) is 0. The zero-order chi connectivity index (χ0) is 11.1. The van der Waals surface area contributed by atoms with Crippen LogP contribution >= 0.6 is 11.6 Å². The van der Waals surface area contributed by atoms with Crippen LogP contribution in [0.25, 0.3) is 0 Å². The third kappa shape index (κ3) is 1.48. The number of carbonyl (C=O) groups is 1. The number of halogens is 1. The number of ketones is 1. The third-order valence-corrected chi connectivity index (χ3v) is 3.35. The molecule has 0 aliphatic heterocycles. The van der Waals surface area contributed by atoms with Gasteiger partial charge >= 0.3 is 0 Å². The van der Waals surface area contributed by atoms with Crippen LogP contribution in [0.1, 0.15) is 29.8 Å². The first kappa shape index (κ1) is 10.6. The van der Waals surface area contributed by atoms with E-state index in [1.807, 2.05) is 0 Å². The fourth-order valence-corrected chi connectivity index (χ4v) is 2.16. The maximum absolute atomic E-state index is 12.2. The summed E-state index contributed by atoms with van der Waals surface area (Å²) in [5.74, 6) is -0.0544. The molecule has 0 aromatic carbocycles. The smallest absolute Gasteiger partial charge is 0.214 e. The first-order valence-electron chi connectivity index (χ1n) is 4.88. The molecule has 5 heteroatoms. The van der Waals surface area contributed by atoms with Crippen LogP contribution in [0.2, 0.25) is 5.02 Å². The Kier molecular flexibility index (Phi) is 2.56. The van der Waals surface area contributed by atoms with E-state index >= 15 is 0 Å². The van der Waals surface area contributed by atoms with Crippen molar-refractivity contribution in [1.82, 2.24) is 9.78 Å². The lowest BCUT2D eigenvalue weighted by molar-refractivity contribution is -0.0454. The molecule has 0 saturated heterocycles. The van der Waals surface area contributed by atoms with Crippen molar-refractivity contribution in [3.63, 3.8) is 0 Å². The summed E-state index contributed by atoms with van der Waals surface area (Å²) >= 11 is 5.92. The van der Waals surface area contributed by atoms with Crippen LogP contribution in [0.15, 0.2) is 6.20 Å². The average molecular weight is 229 g/mol. The van der Waals surface area contributed by atoms with E-state index in [2.05, 4.69) is 5.10 Å². The van der Waals surface area contributed by atoms with E-state index in [1.54, 1.807) is 14.2 Å². The summed E-state index contributed by atoms with van der Waals surface area (Å²) in [7, 11) is 3.28. The van der Waals surface area contributed by atoms with E-state index in [1.165, 1.54) is 10.9 Å². The summed E-state index contributed by atoms with van der Waals surface area (Å²) in [5, 5.41) is 4.35. The molecule has 0 spiro atoms. The van der Waals surface area contributed by atoms with Crippen LogP contribution in [0, 0.1) is 0 Å². The zero-order valence-electron chi connectivity index (χ0n) is 8.79. The van der Waals surface area contributed by atoms with E-state index in [4.69, 9.17) is 16.3 Å². The second kappa shape index (κ2) is 3.61.